The molecule has 0 amide bonds. The van der Waals surface area contributed by atoms with Gasteiger partial charge in [-0.1, -0.05) is 6.92 Å². The minimum absolute atomic E-state index is 0.0206. The van der Waals surface area contributed by atoms with Crippen molar-refractivity contribution in [2.24, 2.45) is 0 Å². The lowest BCUT2D eigenvalue weighted by Gasteiger charge is -2.17. The van der Waals surface area contributed by atoms with E-state index in [4.69, 9.17) is 9.47 Å². The number of hydrogen-bond acceptors (Lipinski definition) is 5. The van der Waals surface area contributed by atoms with Crippen LogP contribution in [0, 0.1) is 6.92 Å². The Morgan fingerprint density at radius 1 is 1.21 bits per heavy atom. The third kappa shape index (κ3) is 4.67. The van der Waals surface area contributed by atoms with Crippen molar-refractivity contribution in [3.63, 3.8) is 0 Å². The van der Waals surface area contributed by atoms with Gasteiger partial charge in [-0.3, -0.25) is 0 Å². The zero-order chi connectivity index (χ0) is 14.3. The Balaban J connectivity index is 2.88. The molecule has 1 rings (SSSR count). The Morgan fingerprint density at radius 3 is 2.53 bits per heavy atom. The molecule has 19 heavy (non-hydrogen) atoms. The van der Waals surface area contributed by atoms with E-state index in [2.05, 4.69) is 15.3 Å². The maximum Gasteiger partial charge on any atom is 0.222 e. The van der Waals surface area contributed by atoms with Crippen molar-refractivity contribution in [2.75, 3.05) is 25.1 Å². The number of nitrogens with one attached hydrogen (secondary N) is 1. The van der Waals surface area contributed by atoms with Gasteiger partial charge >= 0.3 is 0 Å². The van der Waals surface area contributed by atoms with Gasteiger partial charge < -0.3 is 14.8 Å². The van der Waals surface area contributed by atoms with Crippen LogP contribution < -0.4 is 10.1 Å². The van der Waals surface area contributed by atoms with Gasteiger partial charge in [0.1, 0.15) is 17.7 Å². The topological polar surface area (TPSA) is 56.3 Å². The van der Waals surface area contributed by atoms with Crippen molar-refractivity contribution < 1.29 is 9.47 Å². The number of aromatic nitrogens is 2. The van der Waals surface area contributed by atoms with Crippen LogP contribution in [-0.4, -0.2) is 35.8 Å². The average Bonchev–Trinajstić information content (AvgIpc) is 2.41. The van der Waals surface area contributed by atoms with Crippen molar-refractivity contribution in [1.82, 2.24) is 9.97 Å². The highest BCUT2D eigenvalue weighted by Crippen LogP contribution is 2.23. The number of nitrogens with zero attached hydrogens (tertiary/aromatic N) is 2. The Hall–Kier alpha value is -1.36. The highest BCUT2D eigenvalue weighted by atomic mass is 16.5. The fourth-order valence-corrected chi connectivity index (χ4v) is 1.66. The molecular weight excluding hydrogens is 242 g/mol. The van der Waals surface area contributed by atoms with Crippen LogP contribution in [0.25, 0.3) is 0 Å². The Labute approximate surface area is 115 Å². The van der Waals surface area contributed by atoms with Crippen molar-refractivity contribution >= 4 is 5.82 Å². The van der Waals surface area contributed by atoms with Gasteiger partial charge in [-0.2, -0.15) is 4.98 Å². The predicted octanol–water partition coefficient (Wildman–Crippen LogP) is 2.58. The molecule has 0 fully saturated rings. The van der Waals surface area contributed by atoms with Crippen LogP contribution >= 0.6 is 0 Å². The summed E-state index contributed by atoms with van der Waals surface area (Å²) in [4.78, 5) is 8.93. The molecule has 0 aliphatic carbocycles. The third-order valence-corrected chi connectivity index (χ3v) is 2.68. The quantitative estimate of drug-likeness (QED) is 0.784. The minimum Gasteiger partial charge on any atom is -0.472 e. The number of anilines is 1. The standard InChI is InChI=1S/C14H25N3O2/c1-6-12-16-13(15-7-2)11(5)14(17-12)19-10(4)9-18-8-3/h10H,6-9H2,1-5H3,(H,15,16,17). The molecule has 1 aromatic rings. The smallest absolute Gasteiger partial charge is 0.222 e. The van der Waals surface area contributed by atoms with E-state index in [1.165, 1.54) is 0 Å². The van der Waals surface area contributed by atoms with Gasteiger partial charge in [0.05, 0.1) is 12.2 Å². The Morgan fingerprint density at radius 2 is 1.95 bits per heavy atom. The summed E-state index contributed by atoms with van der Waals surface area (Å²) in [5.74, 6) is 2.29. The van der Waals surface area contributed by atoms with Gasteiger partial charge in [-0.15, -0.1) is 0 Å². The van der Waals surface area contributed by atoms with E-state index >= 15 is 0 Å². The fraction of sp³-hybridized carbons (Fsp3) is 0.714. The molecule has 5 heteroatoms. The molecule has 0 saturated heterocycles. The molecule has 0 aromatic carbocycles. The molecule has 1 N–H and O–H groups in total. The number of hydrogen-bond donors (Lipinski definition) is 1. The number of aryl methyl sites for hydroxylation is 1. The lowest BCUT2D eigenvalue weighted by Crippen LogP contribution is -2.21. The summed E-state index contributed by atoms with van der Waals surface area (Å²) >= 11 is 0. The van der Waals surface area contributed by atoms with E-state index in [0.29, 0.717) is 19.1 Å². The monoisotopic (exact) mass is 267 g/mol. The summed E-state index contributed by atoms with van der Waals surface area (Å²) in [5.41, 5.74) is 0.947. The molecule has 0 bridgehead atoms. The average molecular weight is 267 g/mol. The maximum absolute atomic E-state index is 5.86. The van der Waals surface area contributed by atoms with Crippen LogP contribution in [0.4, 0.5) is 5.82 Å². The Bertz CT molecular complexity index is 397. The van der Waals surface area contributed by atoms with E-state index in [0.717, 1.165) is 30.2 Å². The molecule has 0 aliphatic rings. The second-order valence-electron chi connectivity index (χ2n) is 4.39. The van der Waals surface area contributed by atoms with Crippen molar-refractivity contribution in [1.29, 1.82) is 0 Å². The van der Waals surface area contributed by atoms with Gasteiger partial charge in [-0.05, 0) is 27.7 Å². The van der Waals surface area contributed by atoms with Gasteiger partial charge in [0.15, 0.2) is 0 Å². The molecule has 0 saturated carbocycles. The largest absolute Gasteiger partial charge is 0.472 e. The van der Waals surface area contributed by atoms with E-state index in [1.54, 1.807) is 0 Å². The van der Waals surface area contributed by atoms with Crippen LogP contribution in [0.15, 0.2) is 0 Å². The SMILES string of the molecule is CCNc1nc(CC)nc(OC(C)COCC)c1C. The van der Waals surface area contributed by atoms with Gasteiger partial charge in [-0.25, -0.2) is 4.98 Å². The molecule has 1 aromatic heterocycles. The number of ether oxygens (including phenoxy) is 2. The summed E-state index contributed by atoms with van der Waals surface area (Å²) in [6.45, 7) is 12.1. The zero-order valence-corrected chi connectivity index (χ0v) is 12.6. The van der Waals surface area contributed by atoms with E-state index in [-0.39, 0.29) is 6.10 Å². The van der Waals surface area contributed by atoms with Crippen molar-refractivity contribution in [3.05, 3.63) is 11.4 Å². The van der Waals surface area contributed by atoms with E-state index in [9.17, 15) is 0 Å². The first-order valence-corrected chi connectivity index (χ1v) is 6.98. The second kappa shape index (κ2) is 7.94. The van der Waals surface area contributed by atoms with Gasteiger partial charge in [0.2, 0.25) is 5.88 Å². The van der Waals surface area contributed by atoms with E-state index in [1.807, 2.05) is 34.6 Å². The van der Waals surface area contributed by atoms with Crippen molar-refractivity contribution in [2.45, 2.75) is 47.1 Å². The molecule has 1 atom stereocenters. The van der Waals surface area contributed by atoms with Crippen molar-refractivity contribution in [3.8, 4) is 5.88 Å². The molecule has 1 unspecified atom stereocenters. The zero-order valence-electron chi connectivity index (χ0n) is 12.6. The predicted molar refractivity (Wildman–Crippen MR) is 76.9 cm³/mol. The summed E-state index contributed by atoms with van der Waals surface area (Å²) in [7, 11) is 0. The molecule has 0 aliphatic heterocycles. The summed E-state index contributed by atoms with van der Waals surface area (Å²) in [6, 6.07) is 0. The first-order chi connectivity index (χ1) is 9.12. The molecule has 1 heterocycles. The summed E-state index contributed by atoms with van der Waals surface area (Å²) in [6.07, 6.45) is 0.766. The number of rotatable bonds is 8. The normalized spacial score (nSPS) is 12.3. The van der Waals surface area contributed by atoms with Gasteiger partial charge in [0, 0.05) is 19.6 Å². The maximum atomic E-state index is 5.86. The third-order valence-electron chi connectivity index (χ3n) is 2.68. The Kier molecular flexibility index (Phi) is 6.56. The minimum atomic E-state index is -0.0206. The van der Waals surface area contributed by atoms with Crippen LogP contribution in [0.2, 0.25) is 0 Å². The fourth-order valence-electron chi connectivity index (χ4n) is 1.66. The lowest BCUT2D eigenvalue weighted by molar-refractivity contribution is 0.0628. The molecule has 5 nitrogen and oxygen atoms in total. The second-order valence-corrected chi connectivity index (χ2v) is 4.39. The summed E-state index contributed by atoms with van der Waals surface area (Å²) in [5, 5.41) is 3.24. The first kappa shape index (κ1) is 15.7. The highest BCUT2D eigenvalue weighted by molar-refractivity contribution is 5.48. The van der Waals surface area contributed by atoms with E-state index < -0.39 is 0 Å². The molecule has 0 radical (unpaired) electrons. The molecular formula is C14H25N3O2. The summed E-state index contributed by atoms with van der Waals surface area (Å²) < 4.78 is 11.2. The molecule has 0 spiro atoms. The highest BCUT2D eigenvalue weighted by Gasteiger charge is 2.13. The van der Waals surface area contributed by atoms with Crippen LogP contribution in [-0.2, 0) is 11.2 Å². The van der Waals surface area contributed by atoms with Crippen LogP contribution in [0.5, 0.6) is 5.88 Å². The lowest BCUT2D eigenvalue weighted by atomic mass is 10.3. The van der Waals surface area contributed by atoms with Crippen LogP contribution in [0.3, 0.4) is 0 Å². The molecule has 108 valence electrons. The van der Waals surface area contributed by atoms with Gasteiger partial charge in [0.25, 0.3) is 0 Å². The first-order valence-electron chi connectivity index (χ1n) is 6.98. The van der Waals surface area contributed by atoms with Crippen LogP contribution in [0.1, 0.15) is 39.1 Å².